The van der Waals surface area contributed by atoms with Crippen LogP contribution in [-0.2, 0) is 4.79 Å². The molecule has 0 saturated heterocycles. The van der Waals surface area contributed by atoms with Gasteiger partial charge in [0.1, 0.15) is 0 Å². The number of carbonyl (C=O) groups is 1. The predicted octanol–water partition coefficient (Wildman–Crippen LogP) is 4.90. The van der Waals surface area contributed by atoms with E-state index >= 15 is 0 Å². The van der Waals surface area contributed by atoms with Crippen LogP contribution < -0.4 is 4.90 Å². The highest BCUT2D eigenvalue weighted by molar-refractivity contribution is 5.96. The quantitative estimate of drug-likeness (QED) is 0.719. The molecule has 1 aromatic rings. The standard InChI is InChI=1S/C18H22F3NO/c1-12-9-10-22(16-8-3-2-7-15(12)16)17(23)13-5-4-6-14(11-13)18(19,20)21/h2-3,7-8,12-14H,4-6,9-11H2,1H3. The van der Waals surface area contributed by atoms with E-state index in [1.807, 2.05) is 24.3 Å². The zero-order valence-corrected chi connectivity index (χ0v) is 13.3. The zero-order valence-electron chi connectivity index (χ0n) is 13.3. The van der Waals surface area contributed by atoms with Crippen LogP contribution in [0.2, 0.25) is 0 Å². The molecule has 0 spiro atoms. The predicted molar refractivity (Wildman–Crippen MR) is 83.3 cm³/mol. The summed E-state index contributed by atoms with van der Waals surface area (Å²) < 4.78 is 39.0. The molecule has 2 nitrogen and oxygen atoms in total. The molecule has 0 radical (unpaired) electrons. The van der Waals surface area contributed by atoms with Crippen molar-refractivity contribution in [2.24, 2.45) is 11.8 Å². The Balaban J connectivity index is 1.80. The van der Waals surface area contributed by atoms with Crippen LogP contribution in [0.5, 0.6) is 0 Å². The molecule has 1 heterocycles. The van der Waals surface area contributed by atoms with Crippen LogP contribution in [0.25, 0.3) is 0 Å². The van der Waals surface area contributed by atoms with Gasteiger partial charge in [0.05, 0.1) is 5.92 Å². The van der Waals surface area contributed by atoms with E-state index in [9.17, 15) is 18.0 Å². The van der Waals surface area contributed by atoms with Crippen molar-refractivity contribution in [2.45, 2.75) is 51.1 Å². The topological polar surface area (TPSA) is 20.3 Å². The largest absolute Gasteiger partial charge is 0.391 e. The van der Waals surface area contributed by atoms with Crippen molar-refractivity contribution in [1.29, 1.82) is 0 Å². The summed E-state index contributed by atoms with van der Waals surface area (Å²) in [6.07, 6.45) is -2.19. The highest BCUT2D eigenvalue weighted by atomic mass is 19.4. The van der Waals surface area contributed by atoms with Gasteiger partial charge < -0.3 is 4.90 Å². The SMILES string of the molecule is CC1CCN(C(=O)C2CCCC(C(F)(F)F)C2)c2ccccc21. The highest BCUT2D eigenvalue weighted by Gasteiger charge is 2.44. The summed E-state index contributed by atoms with van der Waals surface area (Å²) in [6.45, 7) is 2.73. The maximum Gasteiger partial charge on any atom is 0.391 e. The van der Waals surface area contributed by atoms with E-state index in [2.05, 4.69) is 6.92 Å². The van der Waals surface area contributed by atoms with Crippen molar-refractivity contribution in [1.82, 2.24) is 0 Å². The molecule has 3 unspecified atom stereocenters. The van der Waals surface area contributed by atoms with Gasteiger partial charge in [-0.25, -0.2) is 0 Å². The third-order valence-electron chi connectivity index (χ3n) is 5.30. The Morgan fingerprint density at radius 3 is 2.65 bits per heavy atom. The van der Waals surface area contributed by atoms with E-state index in [0.717, 1.165) is 17.7 Å². The summed E-state index contributed by atoms with van der Waals surface area (Å²) in [5.74, 6) is -1.58. The summed E-state index contributed by atoms with van der Waals surface area (Å²) in [4.78, 5) is 14.6. The minimum absolute atomic E-state index is 0.0590. The maximum absolute atomic E-state index is 13.0. The molecule has 1 fully saturated rings. The van der Waals surface area contributed by atoms with E-state index in [1.54, 1.807) is 4.90 Å². The molecule has 3 rings (SSSR count). The highest BCUT2D eigenvalue weighted by Crippen LogP contribution is 2.42. The lowest BCUT2D eigenvalue weighted by atomic mass is 9.79. The third-order valence-corrected chi connectivity index (χ3v) is 5.30. The Hall–Kier alpha value is -1.52. The van der Waals surface area contributed by atoms with Gasteiger partial charge in [-0.1, -0.05) is 31.5 Å². The molecule has 5 heteroatoms. The van der Waals surface area contributed by atoms with Crippen molar-refractivity contribution in [3.8, 4) is 0 Å². The van der Waals surface area contributed by atoms with Crippen LogP contribution in [0.15, 0.2) is 24.3 Å². The Labute approximate surface area is 134 Å². The summed E-state index contributed by atoms with van der Waals surface area (Å²) in [5, 5.41) is 0. The lowest BCUT2D eigenvalue weighted by Gasteiger charge is -2.37. The number of halogens is 3. The molecule has 2 aliphatic rings. The molecular weight excluding hydrogens is 303 g/mol. The molecular formula is C18H22F3NO. The number of benzene rings is 1. The minimum atomic E-state index is -4.19. The number of hydrogen-bond acceptors (Lipinski definition) is 1. The van der Waals surface area contributed by atoms with Gasteiger partial charge in [-0.2, -0.15) is 13.2 Å². The fourth-order valence-corrected chi connectivity index (χ4v) is 3.91. The van der Waals surface area contributed by atoms with E-state index in [1.165, 1.54) is 0 Å². The van der Waals surface area contributed by atoms with Gasteiger partial charge in [-0.3, -0.25) is 4.79 Å². The van der Waals surface area contributed by atoms with Gasteiger partial charge in [-0.15, -0.1) is 0 Å². The number of hydrogen-bond donors (Lipinski definition) is 0. The number of anilines is 1. The van der Waals surface area contributed by atoms with Gasteiger partial charge >= 0.3 is 6.18 Å². The van der Waals surface area contributed by atoms with Crippen LogP contribution in [0.4, 0.5) is 18.9 Å². The molecule has 23 heavy (non-hydrogen) atoms. The first-order valence-corrected chi connectivity index (χ1v) is 8.35. The lowest BCUT2D eigenvalue weighted by molar-refractivity contribution is -0.186. The van der Waals surface area contributed by atoms with Gasteiger partial charge in [0.25, 0.3) is 0 Å². The fraction of sp³-hybridized carbons (Fsp3) is 0.611. The van der Waals surface area contributed by atoms with Gasteiger partial charge in [-0.05, 0) is 43.2 Å². The van der Waals surface area contributed by atoms with Crippen molar-refractivity contribution < 1.29 is 18.0 Å². The molecule has 1 aliphatic heterocycles. The van der Waals surface area contributed by atoms with Crippen LogP contribution in [0.3, 0.4) is 0 Å². The number of fused-ring (bicyclic) bond motifs is 1. The average Bonchev–Trinajstić information content (AvgIpc) is 2.54. The van der Waals surface area contributed by atoms with Crippen LogP contribution in [-0.4, -0.2) is 18.6 Å². The van der Waals surface area contributed by atoms with E-state index in [0.29, 0.717) is 25.3 Å². The molecule has 1 amide bonds. The first-order chi connectivity index (χ1) is 10.9. The number of amides is 1. The fourth-order valence-electron chi connectivity index (χ4n) is 3.91. The van der Waals surface area contributed by atoms with E-state index in [4.69, 9.17) is 0 Å². The normalized spacial score (nSPS) is 28.3. The van der Waals surface area contributed by atoms with Crippen LogP contribution in [0.1, 0.15) is 50.5 Å². The zero-order chi connectivity index (χ0) is 16.6. The Morgan fingerprint density at radius 2 is 1.91 bits per heavy atom. The summed E-state index contributed by atoms with van der Waals surface area (Å²) in [6, 6.07) is 7.76. The second kappa shape index (κ2) is 6.17. The Kier molecular flexibility index (Phi) is 4.39. The number of carbonyl (C=O) groups excluding carboxylic acids is 1. The summed E-state index contributed by atoms with van der Waals surface area (Å²) in [7, 11) is 0. The van der Waals surface area contributed by atoms with Crippen molar-refractivity contribution >= 4 is 11.6 Å². The first-order valence-electron chi connectivity index (χ1n) is 8.35. The minimum Gasteiger partial charge on any atom is -0.312 e. The molecule has 1 saturated carbocycles. The second-order valence-corrected chi connectivity index (χ2v) is 6.84. The molecule has 126 valence electrons. The van der Waals surface area contributed by atoms with Gasteiger partial charge in [0.15, 0.2) is 0 Å². The van der Waals surface area contributed by atoms with Crippen LogP contribution >= 0.6 is 0 Å². The smallest absolute Gasteiger partial charge is 0.312 e. The van der Waals surface area contributed by atoms with Crippen LogP contribution in [0, 0.1) is 11.8 Å². The first kappa shape index (κ1) is 16.3. The summed E-state index contributed by atoms with van der Waals surface area (Å²) >= 11 is 0. The molecule has 1 aromatic carbocycles. The third kappa shape index (κ3) is 3.24. The number of alkyl halides is 3. The Morgan fingerprint density at radius 1 is 1.17 bits per heavy atom. The molecule has 1 aliphatic carbocycles. The number of para-hydroxylation sites is 1. The number of nitrogens with zero attached hydrogens (tertiary/aromatic N) is 1. The van der Waals surface area contributed by atoms with Gasteiger partial charge in [0, 0.05) is 18.2 Å². The monoisotopic (exact) mass is 325 g/mol. The molecule has 0 bridgehead atoms. The lowest BCUT2D eigenvalue weighted by Crippen LogP contribution is -2.43. The molecule has 0 N–H and O–H groups in total. The van der Waals surface area contributed by atoms with Crippen molar-refractivity contribution in [3.63, 3.8) is 0 Å². The van der Waals surface area contributed by atoms with Crippen molar-refractivity contribution in [3.05, 3.63) is 29.8 Å². The molecule has 3 atom stereocenters. The second-order valence-electron chi connectivity index (χ2n) is 6.84. The average molecular weight is 325 g/mol. The number of rotatable bonds is 1. The van der Waals surface area contributed by atoms with Crippen molar-refractivity contribution in [2.75, 3.05) is 11.4 Å². The van der Waals surface area contributed by atoms with E-state index < -0.39 is 18.0 Å². The maximum atomic E-state index is 13.0. The van der Waals surface area contributed by atoms with E-state index in [-0.39, 0.29) is 18.7 Å². The Bertz CT molecular complexity index is 584. The van der Waals surface area contributed by atoms with Gasteiger partial charge in [0.2, 0.25) is 5.91 Å². The molecule has 0 aromatic heterocycles. The summed E-state index contributed by atoms with van der Waals surface area (Å²) in [5.41, 5.74) is 2.00.